The lowest BCUT2D eigenvalue weighted by Gasteiger charge is -2.32. The van der Waals surface area contributed by atoms with Gasteiger partial charge in [0, 0.05) is 5.25 Å². The molecule has 1 rings (SSSR count). The van der Waals surface area contributed by atoms with Crippen molar-refractivity contribution in [1.82, 2.24) is 0 Å². The highest BCUT2D eigenvalue weighted by Crippen LogP contribution is 2.36. The van der Waals surface area contributed by atoms with Crippen LogP contribution in [0.5, 0.6) is 0 Å². The van der Waals surface area contributed by atoms with Crippen LogP contribution in [0.3, 0.4) is 0 Å². The molecule has 0 radical (unpaired) electrons. The molecule has 0 aromatic rings. The summed E-state index contributed by atoms with van der Waals surface area (Å²) in [7, 11) is 0. The maximum Gasteiger partial charge on any atom is 0.00702 e. The average molecular weight is 172 g/mol. The van der Waals surface area contributed by atoms with Gasteiger partial charge in [0.05, 0.1) is 0 Å². The Morgan fingerprint density at radius 1 is 1.27 bits per heavy atom. The molecule has 66 valence electrons. The van der Waals surface area contributed by atoms with Gasteiger partial charge in [-0.05, 0) is 30.4 Å². The van der Waals surface area contributed by atoms with Crippen molar-refractivity contribution in [3.63, 3.8) is 0 Å². The van der Waals surface area contributed by atoms with Crippen molar-refractivity contribution < 1.29 is 0 Å². The molecule has 0 aliphatic carbocycles. The summed E-state index contributed by atoms with van der Waals surface area (Å²) in [6.07, 6.45) is 4.22. The maximum absolute atomic E-state index is 2.42. The largest absolute Gasteiger partial charge is 0.158 e. The van der Waals surface area contributed by atoms with Gasteiger partial charge in [-0.25, -0.2) is 0 Å². The molecule has 1 saturated heterocycles. The predicted octanol–water partition coefficient (Wildman–Crippen LogP) is 3.56. The van der Waals surface area contributed by atoms with Crippen LogP contribution in [0.25, 0.3) is 0 Å². The molecule has 0 bridgehead atoms. The summed E-state index contributed by atoms with van der Waals surface area (Å²) >= 11 is 2.20. The minimum Gasteiger partial charge on any atom is -0.158 e. The molecule has 1 fully saturated rings. The fraction of sp³-hybridized carbons (Fsp3) is 1.00. The van der Waals surface area contributed by atoms with E-state index in [0.29, 0.717) is 0 Å². The van der Waals surface area contributed by atoms with Crippen LogP contribution in [0, 0.1) is 11.8 Å². The average Bonchev–Trinajstić information content (AvgIpc) is 2.04. The van der Waals surface area contributed by atoms with E-state index in [-0.39, 0.29) is 0 Å². The predicted molar refractivity (Wildman–Crippen MR) is 54.1 cm³/mol. The van der Waals surface area contributed by atoms with E-state index in [4.69, 9.17) is 0 Å². The molecule has 0 N–H and O–H groups in total. The van der Waals surface area contributed by atoms with Gasteiger partial charge in [0.2, 0.25) is 0 Å². The third kappa shape index (κ3) is 2.40. The third-order valence-electron chi connectivity index (χ3n) is 2.87. The molecule has 0 aromatic carbocycles. The first kappa shape index (κ1) is 9.44. The van der Waals surface area contributed by atoms with E-state index in [2.05, 4.69) is 32.5 Å². The van der Waals surface area contributed by atoms with Crippen molar-refractivity contribution in [1.29, 1.82) is 0 Å². The lowest BCUT2D eigenvalue weighted by molar-refractivity contribution is 0.379. The van der Waals surface area contributed by atoms with Gasteiger partial charge >= 0.3 is 0 Å². The lowest BCUT2D eigenvalue weighted by Crippen LogP contribution is -2.25. The molecule has 0 nitrogen and oxygen atoms in total. The van der Waals surface area contributed by atoms with Crippen molar-refractivity contribution >= 4 is 11.8 Å². The van der Waals surface area contributed by atoms with Crippen LogP contribution in [0.2, 0.25) is 0 Å². The highest BCUT2D eigenvalue weighted by Gasteiger charge is 2.25. The molecule has 1 aliphatic rings. The molecular weight excluding hydrogens is 152 g/mol. The summed E-state index contributed by atoms with van der Waals surface area (Å²) in [4.78, 5) is 0. The summed E-state index contributed by atoms with van der Waals surface area (Å²) in [6.45, 7) is 7.06. The van der Waals surface area contributed by atoms with E-state index in [9.17, 15) is 0 Å². The summed E-state index contributed by atoms with van der Waals surface area (Å²) in [5, 5.41) is 0.956. The zero-order chi connectivity index (χ0) is 8.27. The second kappa shape index (κ2) is 4.39. The highest BCUT2D eigenvalue weighted by molar-refractivity contribution is 7.99. The van der Waals surface area contributed by atoms with Gasteiger partial charge in [-0.1, -0.05) is 27.2 Å². The molecule has 3 atom stereocenters. The summed E-state index contributed by atoms with van der Waals surface area (Å²) in [5.41, 5.74) is 0. The first-order chi connectivity index (χ1) is 5.27. The van der Waals surface area contributed by atoms with Gasteiger partial charge in [-0.3, -0.25) is 0 Å². The Labute approximate surface area is 75.1 Å². The first-order valence-corrected chi connectivity index (χ1v) is 5.94. The number of hydrogen-bond donors (Lipinski definition) is 0. The second-order valence-electron chi connectivity index (χ2n) is 3.77. The normalized spacial score (nSPS) is 39.0. The molecule has 1 aliphatic heterocycles. The van der Waals surface area contributed by atoms with E-state index in [1.807, 2.05) is 0 Å². The molecule has 0 spiro atoms. The summed E-state index contributed by atoms with van der Waals surface area (Å²) < 4.78 is 0. The molecule has 1 heterocycles. The molecule has 3 unspecified atom stereocenters. The van der Waals surface area contributed by atoms with Gasteiger partial charge in [0.1, 0.15) is 0 Å². The van der Waals surface area contributed by atoms with Crippen LogP contribution < -0.4 is 0 Å². The minimum atomic E-state index is 0.956. The topological polar surface area (TPSA) is 0 Å². The van der Waals surface area contributed by atoms with Gasteiger partial charge in [0.15, 0.2) is 0 Å². The fourth-order valence-electron chi connectivity index (χ4n) is 1.97. The van der Waals surface area contributed by atoms with Gasteiger partial charge < -0.3 is 0 Å². The van der Waals surface area contributed by atoms with Crippen molar-refractivity contribution in [2.24, 2.45) is 11.8 Å². The van der Waals surface area contributed by atoms with Crippen LogP contribution in [0.1, 0.15) is 40.0 Å². The van der Waals surface area contributed by atoms with Crippen LogP contribution in [0.15, 0.2) is 0 Å². The van der Waals surface area contributed by atoms with Crippen LogP contribution in [-0.4, -0.2) is 11.0 Å². The van der Waals surface area contributed by atoms with E-state index in [0.717, 1.165) is 17.1 Å². The van der Waals surface area contributed by atoms with Crippen molar-refractivity contribution in [2.75, 3.05) is 5.75 Å². The Hall–Kier alpha value is 0.350. The Morgan fingerprint density at radius 2 is 2.00 bits per heavy atom. The van der Waals surface area contributed by atoms with Crippen LogP contribution >= 0.6 is 11.8 Å². The third-order valence-corrected chi connectivity index (χ3v) is 4.76. The molecule has 11 heavy (non-hydrogen) atoms. The Bertz CT molecular complexity index is 111. The summed E-state index contributed by atoms with van der Waals surface area (Å²) in [6, 6.07) is 0. The molecule has 0 amide bonds. The van der Waals surface area contributed by atoms with E-state index in [1.165, 1.54) is 25.0 Å². The van der Waals surface area contributed by atoms with Gasteiger partial charge in [0.25, 0.3) is 0 Å². The van der Waals surface area contributed by atoms with E-state index >= 15 is 0 Å². The molecule has 0 aromatic heterocycles. The minimum absolute atomic E-state index is 0.956. The zero-order valence-electron chi connectivity index (χ0n) is 7.97. The first-order valence-electron chi connectivity index (χ1n) is 4.89. The van der Waals surface area contributed by atoms with Crippen LogP contribution in [-0.2, 0) is 0 Å². The zero-order valence-corrected chi connectivity index (χ0v) is 8.79. The SMILES string of the molecule is CCC1CSC(CC)C(C)C1. The summed E-state index contributed by atoms with van der Waals surface area (Å²) in [5.74, 6) is 3.39. The Balaban J connectivity index is 2.34. The number of thioether (sulfide) groups is 1. The number of hydrogen-bond acceptors (Lipinski definition) is 1. The van der Waals surface area contributed by atoms with Gasteiger partial charge in [-0.15, -0.1) is 0 Å². The molecular formula is C10H20S. The smallest absolute Gasteiger partial charge is 0.00702 e. The van der Waals surface area contributed by atoms with Crippen LogP contribution in [0.4, 0.5) is 0 Å². The monoisotopic (exact) mass is 172 g/mol. The van der Waals surface area contributed by atoms with Crippen molar-refractivity contribution in [3.05, 3.63) is 0 Å². The Morgan fingerprint density at radius 3 is 2.45 bits per heavy atom. The van der Waals surface area contributed by atoms with E-state index in [1.54, 1.807) is 0 Å². The van der Waals surface area contributed by atoms with E-state index < -0.39 is 0 Å². The fourth-order valence-corrected chi connectivity index (χ4v) is 3.54. The van der Waals surface area contributed by atoms with Crippen molar-refractivity contribution in [2.45, 2.75) is 45.3 Å². The number of rotatable bonds is 2. The molecule has 0 saturated carbocycles. The highest BCUT2D eigenvalue weighted by atomic mass is 32.2. The van der Waals surface area contributed by atoms with Crippen molar-refractivity contribution in [3.8, 4) is 0 Å². The Kier molecular flexibility index (Phi) is 3.77. The standard InChI is InChI=1S/C10H20S/c1-4-9-6-8(3)10(5-2)11-7-9/h8-10H,4-7H2,1-3H3. The molecule has 1 heteroatoms. The lowest BCUT2D eigenvalue weighted by atomic mass is 9.91. The maximum atomic E-state index is 2.42. The van der Waals surface area contributed by atoms with Gasteiger partial charge in [-0.2, -0.15) is 11.8 Å². The second-order valence-corrected chi connectivity index (χ2v) is 5.04. The quantitative estimate of drug-likeness (QED) is 0.613.